The fourth-order valence-electron chi connectivity index (χ4n) is 7.97. The number of allylic oxidation sites excluding steroid dienone is 1. The molecule has 0 aliphatic heterocycles. The third-order valence-electron chi connectivity index (χ3n) is 9.82. The molecule has 0 unspecified atom stereocenters. The van der Waals surface area contributed by atoms with E-state index < -0.39 is 35.7 Å². The molecule has 1 spiro atoms. The van der Waals surface area contributed by atoms with Gasteiger partial charge in [-0.15, -0.1) is 0 Å². The molecule has 0 radical (unpaired) electrons. The fourth-order valence-corrected chi connectivity index (χ4v) is 7.97. The van der Waals surface area contributed by atoms with E-state index in [1.54, 1.807) is 19.1 Å². The van der Waals surface area contributed by atoms with Gasteiger partial charge in [-0.2, -0.15) is 0 Å². The first-order chi connectivity index (χ1) is 15.0. The van der Waals surface area contributed by atoms with E-state index >= 15 is 0 Å². The quantitative estimate of drug-likeness (QED) is 0.457. The number of fused-ring (bicyclic) bond motifs is 3. The topological polar surface area (TPSA) is 104 Å². The zero-order chi connectivity index (χ0) is 23.2. The number of carbonyl (C=O) groups excluding carboxylic acids is 2. The number of hydrogen-bond acceptors (Lipinski definition) is 6. The number of ether oxygens (including phenoxy) is 1. The van der Waals surface area contributed by atoms with Crippen molar-refractivity contribution in [3.8, 4) is 0 Å². The first-order valence-corrected chi connectivity index (χ1v) is 12.2. The molecule has 3 fully saturated rings. The Balaban J connectivity index is 1.63. The van der Waals surface area contributed by atoms with Gasteiger partial charge in [0.25, 0.3) is 0 Å². The van der Waals surface area contributed by atoms with Crippen molar-refractivity contribution in [2.24, 2.45) is 40.4 Å². The second-order valence-corrected chi connectivity index (χ2v) is 11.7. The summed E-state index contributed by atoms with van der Waals surface area (Å²) in [6.45, 7) is 7.62. The molecular weight excluding hydrogens is 408 g/mol. The molecule has 3 saturated carbocycles. The van der Waals surface area contributed by atoms with Crippen LogP contribution in [0.5, 0.6) is 0 Å². The molecule has 5 rings (SSSR count). The molecule has 5 aliphatic rings. The average Bonchev–Trinajstić information content (AvgIpc) is 3.09. The number of esters is 1. The van der Waals surface area contributed by atoms with Crippen molar-refractivity contribution in [3.05, 3.63) is 23.3 Å². The van der Waals surface area contributed by atoms with Gasteiger partial charge in [0.1, 0.15) is 6.10 Å². The molecule has 3 N–H and O–H groups in total. The Kier molecular flexibility index (Phi) is 4.88. The van der Waals surface area contributed by atoms with Crippen LogP contribution in [0.4, 0.5) is 0 Å². The Morgan fingerprint density at radius 2 is 1.91 bits per heavy atom. The van der Waals surface area contributed by atoms with Gasteiger partial charge in [-0.05, 0) is 60.5 Å². The van der Waals surface area contributed by atoms with Crippen LogP contribution in [0.3, 0.4) is 0 Å². The van der Waals surface area contributed by atoms with Crippen molar-refractivity contribution in [1.82, 2.24) is 0 Å². The van der Waals surface area contributed by atoms with E-state index in [-0.39, 0.29) is 40.5 Å². The Bertz CT molecular complexity index is 911. The molecule has 0 aromatic carbocycles. The minimum Gasteiger partial charge on any atom is -0.454 e. The zero-order valence-corrected chi connectivity index (χ0v) is 19.5. The first-order valence-electron chi connectivity index (χ1n) is 12.2. The smallest absolute Gasteiger partial charge is 0.309 e. The maximum atomic E-state index is 14.2. The molecule has 6 heteroatoms. The van der Waals surface area contributed by atoms with Crippen molar-refractivity contribution in [2.45, 2.75) is 77.6 Å². The number of hydrogen-bond donors (Lipinski definition) is 3. The Hall–Kier alpha value is -1.50. The fraction of sp³-hybridized carbons (Fsp3) is 0.769. The van der Waals surface area contributed by atoms with Crippen molar-refractivity contribution >= 4 is 11.8 Å². The molecule has 32 heavy (non-hydrogen) atoms. The van der Waals surface area contributed by atoms with Crippen LogP contribution in [-0.4, -0.2) is 51.5 Å². The van der Waals surface area contributed by atoms with Crippen molar-refractivity contribution in [3.63, 3.8) is 0 Å². The van der Waals surface area contributed by atoms with Gasteiger partial charge in [0.15, 0.2) is 17.5 Å². The summed E-state index contributed by atoms with van der Waals surface area (Å²) in [5.41, 5.74) is -2.56. The molecule has 176 valence electrons. The highest BCUT2D eigenvalue weighted by Gasteiger charge is 2.76. The van der Waals surface area contributed by atoms with Gasteiger partial charge in [0.05, 0.1) is 17.9 Å². The highest BCUT2D eigenvalue weighted by atomic mass is 16.6. The van der Waals surface area contributed by atoms with Crippen LogP contribution in [-0.2, 0) is 14.3 Å². The lowest BCUT2D eigenvalue weighted by Crippen LogP contribution is -2.66. The Morgan fingerprint density at radius 3 is 2.53 bits per heavy atom. The molecule has 6 nitrogen and oxygen atoms in total. The molecule has 0 aromatic rings. The lowest BCUT2D eigenvalue weighted by atomic mass is 9.59. The summed E-state index contributed by atoms with van der Waals surface area (Å²) in [5.74, 6) is -0.985. The number of Topliss-reactive ketones (excluding diaryl/α,β-unsaturated/α-hetero) is 1. The summed E-state index contributed by atoms with van der Waals surface area (Å²) in [5, 5.41) is 33.9. The molecule has 8 atom stereocenters. The lowest BCUT2D eigenvalue weighted by molar-refractivity contribution is -0.205. The van der Waals surface area contributed by atoms with Gasteiger partial charge >= 0.3 is 5.97 Å². The van der Waals surface area contributed by atoms with E-state index in [4.69, 9.17) is 4.74 Å². The third kappa shape index (κ3) is 2.57. The van der Waals surface area contributed by atoms with Crippen LogP contribution >= 0.6 is 0 Å². The number of carbonyl (C=O) groups is 2. The summed E-state index contributed by atoms with van der Waals surface area (Å²) in [7, 11) is 0. The maximum absolute atomic E-state index is 14.2. The number of rotatable bonds is 3. The van der Waals surface area contributed by atoms with Gasteiger partial charge < -0.3 is 20.1 Å². The average molecular weight is 445 g/mol. The maximum Gasteiger partial charge on any atom is 0.309 e. The van der Waals surface area contributed by atoms with Gasteiger partial charge in [-0.25, -0.2) is 0 Å². The van der Waals surface area contributed by atoms with E-state index in [0.29, 0.717) is 11.5 Å². The van der Waals surface area contributed by atoms with Gasteiger partial charge in [0, 0.05) is 5.92 Å². The minimum absolute atomic E-state index is 0.00757. The van der Waals surface area contributed by atoms with E-state index in [0.717, 1.165) is 32.1 Å². The summed E-state index contributed by atoms with van der Waals surface area (Å²) in [4.78, 5) is 27.2. The second kappa shape index (κ2) is 7.00. The minimum atomic E-state index is -2.04. The standard InChI is InChI=1S/C26H36O6/c1-13-11-25-14(2)9-18-19(24(18,3)4)17(21(25)29)10-16(12-27)20(28)26(25,31)22(13)32-23(30)15-7-5-6-8-15/h10-11,14-15,17-20,22,27-28,31H,5-9,12H2,1-4H3/t14-,17+,18-,19+,20-,22+,25-,26+/m1/s1. The van der Waals surface area contributed by atoms with Crippen LogP contribution in [0.1, 0.15) is 59.8 Å². The normalized spacial score (nSPS) is 47.0. The number of aliphatic hydroxyl groups excluding tert-OH is 2. The van der Waals surface area contributed by atoms with E-state index in [2.05, 4.69) is 13.8 Å². The largest absolute Gasteiger partial charge is 0.454 e. The summed E-state index contributed by atoms with van der Waals surface area (Å²) >= 11 is 0. The van der Waals surface area contributed by atoms with Gasteiger partial charge in [0.2, 0.25) is 0 Å². The van der Waals surface area contributed by atoms with Crippen LogP contribution in [0.2, 0.25) is 0 Å². The van der Waals surface area contributed by atoms with Crippen molar-refractivity contribution < 1.29 is 29.6 Å². The SMILES string of the molecule is CC1=C[C@@]23C(=O)[C@@H](C=C(CO)[C@@H](O)[C@]2(O)[C@H]1OC(=O)C1CCCC1)[C@H]1[C@@H](C[C@H]3C)C1(C)C. The van der Waals surface area contributed by atoms with Crippen LogP contribution in [0, 0.1) is 40.4 Å². The predicted molar refractivity (Wildman–Crippen MR) is 117 cm³/mol. The summed E-state index contributed by atoms with van der Waals surface area (Å²) in [6, 6.07) is 0. The Morgan fingerprint density at radius 1 is 1.25 bits per heavy atom. The van der Waals surface area contributed by atoms with E-state index in [9.17, 15) is 24.9 Å². The summed E-state index contributed by atoms with van der Waals surface area (Å²) in [6.07, 6.45) is 5.10. The highest BCUT2D eigenvalue weighted by molar-refractivity contribution is 5.95. The molecule has 0 saturated heterocycles. The molecule has 5 aliphatic carbocycles. The summed E-state index contributed by atoms with van der Waals surface area (Å²) < 4.78 is 5.92. The monoisotopic (exact) mass is 444 g/mol. The molecule has 2 bridgehead atoms. The van der Waals surface area contributed by atoms with Crippen LogP contribution in [0.25, 0.3) is 0 Å². The van der Waals surface area contributed by atoms with Crippen LogP contribution < -0.4 is 0 Å². The third-order valence-corrected chi connectivity index (χ3v) is 9.82. The van der Waals surface area contributed by atoms with Gasteiger partial charge in [-0.3, -0.25) is 9.59 Å². The number of aliphatic hydroxyl groups is 3. The first kappa shape index (κ1) is 22.3. The molecule has 0 aromatic heterocycles. The van der Waals surface area contributed by atoms with Crippen LogP contribution in [0.15, 0.2) is 23.3 Å². The lowest BCUT2D eigenvalue weighted by Gasteiger charge is -2.48. The predicted octanol–water partition coefficient (Wildman–Crippen LogP) is 2.56. The highest BCUT2D eigenvalue weighted by Crippen LogP contribution is 2.71. The molecule has 0 amide bonds. The second-order valence-electron chi connectivity index (χ2n) is 11.7. The Labute approximate surface area is 189 Å². The molecule has 0 heterocycles. The molecular formula is C26H36O6. The van der Waals surface area contributed by atoms with Gasteiger partial charge in [-0.1, -0.05) is 45.8 Å². The van der Waals surface area contributed by atoms with Crippen molar-refractivity contribution in [1.29, 1.82) is 0 Å². The zero-order valence-electron chi connectivity index (χ0n) is 19.5. The van der Waals surface area contributed by atoms with Crippen molar-refractivity contribution in [2.75, 3.05) is 6.61 Å². The van der Waals surface area contributed by atoms with E-state index in [1.807, 2.05) is 6.92 Å². The number of ketones is 1. The van der Waals surface area contributed by atoms with E-state index in [1.165, 1.54) is 0 Å².